The Morgan fingerprint density at radius 2 is 2.27 bits per heavy atom. The zero-order valence-corrected chi connectivity index (χ0v) is 6.97. The molecule has 0 aromatic rings. The molecule has 2 bridgehead atoms. The third-order valence-corrected chi connectivity index (χ3v) is 3.07. The molecule has 2 rings (SSSR count). The van der Waals surface area contributed by atoms with Crippen LogP contribution in [0.3, 0.4) is 0 Å². The second-order valence-electron chi connectivity index (χ2n) is 3.77. The Balaban J connectivity index is 2.29. The molecule has 0 amide bonds. The summed E-state index contributed by atoms with van der Waals surface area (Å²) in [7, 11) is 0. The van der Waals surface area contributed by atoms with Crippen molar-refractivity contribution < 1.29 is 4.79 Å². The quantitative estimate of drug-likeness (QED) is 0.484. The lowest BCUT2D eigenvalue weighted by atomic mass is 9.71. The van der Waals surface area contributed by atoms with Crippen molar-refractivity contribution in [2.45, 2.75) is 32.6 Å². The van der Waals surface area contributed by atoms with Crippen LogP contribution in [-0.2, 0) is 4.79 Å². The molecule has 0 aliphatic heterocycles. The van der Waals surface area contributed by atoms with Gasteiger partial charge >= 0.3 is 0 Å². The molecule has 2 aliphatic rings. The van der Waals surface area contributed by atoms with Gasteiger partial charge in [0.25, 0.3) is 0 Å². The third-order valence-electron chi connectivity index (χ3n) is 3.07. The fourth-order valence-electron chi connectivity index (χ4n) is 2.29. The van der Waals surface area contributed by atoms with Crippen LogP contribution in [0, 0.1) is 11.8 Å². The van der Waals surface area contributed by atoms with Gasteiger partial charge in [-0.15, -0.1) is 0 Å². The van der Waals surface area contributed by atoms with Crippen LogP contribution in [0.4, 0.5) is 0 Å². The summed E-state index contributed by atoms with van der Waals surface area (Å²) in [5.41, 5.74) is 1.32. The second kappa shape index (κ2) is 2.47. The molecule has 2 aliphatic carbocycles. The molecular formula is C10H14O. The van der Waals surface area contributed by atoms with Crippen LogP contribution < -0.4 is 0 Å². The van der Waals surface area contributed by atoms with Gasteiger partial charge in [0.15, 0.2) is 0 Å². The van der Waals surface area contributed by atoms with E-state index in [9.17, 15) is 4.79 Å². The molecule has 0 N–H and O–H groups in total. The Morgan fingerprint density at radius 1 is 1.45 bits per heavy atom. The Morgan fingerprint density at radius 3 is 3.00 bits per heavy atom. The van der Waals surface area contributed by atoms with Gasteiger partial charge in [-0.1, -0.05) is 18.1 Å². The van der Waals surface area contributed by atoms with Gasteiger partial charge in [-0.2, -0.15) is 0 Å². The van der Waals surface area contributed by atoms with Crippen molar-refractivity contribution in [1.29, 1.82) is 0 Å². The van der Waals surface area contributed by atoms with Crippen molar-refractivity contribution in [2.75, 3.05) is 0 Å². The van der Waals surface area contributed by atoms with Crippen molar-refractivity contribution in [3.63, 3.8) is 0 Å². The monoisotopic (exact) mass is 150 g/mol. The molecule has 0 heterocycles. The maximum Gasteiger partial charge on any atom is 0.143 e. The van der Waals surface area contributed by atoms with Gasteiger partial charge in [0.1, 0.15) is 5.78 Å². The minimum Gasteiger partial charge on any atom is -0.299 e. The van der Waals surface area contributed by atoms with Gasteiger partial charge in [-0.05, 0) is 26.2 Å². The number of hydrogen-bond acceptors (Lipinski definition) is 1. The van der Waals surface area contributed by atoms with Crippen molar-refractivity contribution in [3.8, 4) is 0 Å². The zero-order chi connectivity index (χ0) is 7.84. The Bertz CT molecular complexity index is 215. The van der Waals surface area contributed by atoms with Gasteiger partial charge < -0.3 is 0 Å². The first-order valence-electron chi connectivity index (χ1n) is 4.49. The highest BCUT2D eigenvalue weighted by molar-refractivity contribution is 5.87. The van der Waals surface area contributed by atoms with E-state index in [2.05, 4.69) is 13.0 Å². The molecule has 0 saturated heterocycles. The second-order valence-corrected chi connectivity index (χ2v) is 3.77. The van der Waals surface area contributed by atoms with Gasteiger partial charge in [0.2, 0.25) is 0 Å². The average molecular weight is 150 g/mol. The first kappa shape index (κ1) is 7.08. The number of fused-ring (bicyclic) bond motifs is 2. The van der Waals surface area contributed by atoms with Gasteiger partial charge in [-0.25, -0.2) is 0 Å². The highest BCUT2D eigenvalue weighted by atomic mass is 16.1. The number of allylic oxidation sites excluding steroid dienone is 2. The fraction of sp³-hybridized carbons (Fsp3) is 0.700. The summed E-state index contributed by atoms with van der Waals surface area (Å²) < 4.78 is 0. The van der Waals surface area contributed by atoms with Crippen molar-refractivity contribution >= 4 is 5.78 Å². The minimum absolute atomic E-state index is 0.308. The summed E-state index contributed by atoms with van der Waals surface area (Å²) in [6.07, 6.45) is 6.78. The predicted molar refractivity (Wildman–Crippen MR) is 44.2 cm³/mol. The molecule has 0 aromatic carbocycles. The third kappa shape index (κ3) is 1.03. The first-order valence-corrected chi connectivity index (χ1v) is 4.49. The molecule has 1 saturated carbocycles. The average Bonchev–Trinajstić information content (AvgIpc) is 1.98. The lowest BCUT2D eigenvalue weighted by Crippen LogP contribution is -2.31. The van der Waals surface area contributed by atoms with E-state index in [4.69, 9.17) is 0 Å². The normalized spacial score (nSPS) is 36.8. The van der Waals surface area contributed by atoms with Crippen molar-refractivity contribution in [1.82, 2.24) is 0 Å². The number of rotatable bonds is 0. The molecule has 0 radical (unpaired) electrons. The number of ketones is 1. The smallest absolute Gasteiger partial charge is 0.143 e. The molecule has 1 heteroatoms. The van der Waals surface area contributed by atoms with Crippen LogP contribution in [0.1, 0.15) is 32.6 Å². The van der Waals surface area contributed by atoms with Crippen molar-refractivity contribution in [2.24, 2.45) is 11.8 Å². The van der Waals surface area contributed by atoms with Crippen LogP contribution in [0.15, 0.2) is 11.6 Å². The van der Waals surface area contributed by atoms with Gasteiger partial charge in [0, 0.05) is 11.8 Å². The van der Waals surface area contributed by atoms with E-state index in [1.807, 2.05) is 0 Å². The highest BCUT2D eigenvalue weighted by Gasteiger charge is 2.34. The Hall–Kier alpha value is -0.590. The standard InChI is InChI=1S/C10H14O/c1-7-5-6-8-3-2-4-9(7)10(8)11/h5,8-9H,2-4,6H2,1H3. The number of Topliss-reactive ketones (excluding diaryl/α,β-unsaturated/α-hetero) is 1. The zero-order valence-electron chi connectivity index (χ0n) is 6.97. The summed E-state index contributed by atoms with van der Waals surface area (Å²) in [6, 6.07) is 0. The lowest BCUT2D eigenvalue weighted by molar-refractivity contribution is -0.128. The predicted octanol–water partition coefficient (Wildman–Crippen LogP) is 2.32. The Labute approximate surface area is 67.5 Å². The van der Waals surface area contributed by atoms with Gasteiger partial charge in [0.05, 0.1) is 0 Å². The molecule has 0 spiro atoms. The molecule has 2 atom stereocenters. The minimum atomic E-state index is 0.308. The number of hydrogen-bond donors (Lipinski definition) is 0. The fourth-order valence-corrected chi connectivity index (χ4v) is 2.29. The van der Waals surface area contributed by atoms with Crippen LogP contribution >= 0.6 is 0 Å². The molecule has 1 nitrogen and oxygen atoms in total. The van der Waals surface area contributed by atoms with E-state index in [0.29, 0.717) is 17.6 Å². The summed E-state index contributed by atoms with van der Waals surface area (Å²) in [4.78, 5) is 11.6. The largest absolute Gasteiger partial charge is 0.299 e. The lowest BCUT2D eigenvalue weighted by Gasteiger charge is -2.31. The molecule has 11 heavy (non-hydrogen) atoms. The maximum absolute atomic E-state index is 11.6. The van der Waals surface area contributed by atoms with E-state index < -0.39 is 0 Å². The summed E-state index contributed by atoms with van der Waals surface area (Å²) >= 11 is 0. The molecule has 60 valence electrons. The van der Waals surface area contributed by atoms with Crippen LogP contribution in [-0.4, -0.2) is 5.78 Å². The Kier molecular flexibility index (Phi) is 1.59. The van der Waals surface area contributed by atoms with Crippen LogP contribution in [0.2, 0.25) is 0 Å². The highest BCUT2D eigenvalue weighted by Crippen LogP contribution is 2.36. The SMILES string of the molecule is CC1=CCC2CCCC1C2=O. The van der Waals surface area contributed by atoms with Crippen LogP contribution in [0.5, 0.6) is 0 Å². The molecule has 1 fully saturated rings. The summed E-state index contributed by atoms with van der Waals surface area (Å²) in [6.45, 7) is 2.10. The first-order chi connectivity index (χ1) is 5.29. The van der Waals surface area contributed by atoms with E-state index in [0.717, 1.165) is 19.3 Å². The van der Waals surface area contributed by atoms with Crippen molar-refractivity contribution in [3.05, 3.63) is 11.6 Å². The van der Waals surface area contributed by atoms with E-state index in [-0.39, 0.29) is 0 Å². The molecule has 0 aromatic heterocycles. The summed E-state index contributed by atoms with van der Waals surface area (Å²) in [5.74, 6) is 1.22. The summed E-state index contributed by atoms with van der Waals surface area (Å²) in [5, 5.41) is 0. The van der Waals surface area contributed by atoms with E-state index >= 15 is 0 Å². The van der Waals surface area contributed by atoms with E-state index in [1.165, 1.54) is 12.0 Å². The maximum atomic E-state index is 11.6. The number of carbonyl (C=O) groups excluding carboxylic acids is 1. The van der Waals surface area contributed by atoms with Gasteiger partial charge in [-0.3, -0.25) is 4.79 Å². The van der Waals surface area contributed by atoms with E-state index in [1.54, 1.807) is 0 Å². The molecular weight excluding hydrogens is 136 g/mol. The molecule has 2 unspecified atom stereocenters. The van der Waals surface area contributed by atoms with Crippen LogP contribution in [0.25, 0.3) is 0 Å². The number of carbonyl (C=O) groups is 1. The topological polar surface area (TPSA) is 17.1 Å².